The Morgan fingerprint density at radius 2 is 1.81 bits per heavy atom. The highest BCUT2D eigenvalue weighted by atomic mass is 32.1. The quantitative estimate of drug-likeness (QED) is 0.134. The van der Waals surface area contributed by atoms with Crippen molar-refractivity contribution >= 4 is 34.8 Å². The van der Waals surface area contributed by atoms with Gasteiger partial charge in [-0.25, -0.2) is 0 Å². The topological polar surface area (TPSA) is 167 Å². The molecule has 1 aromatic heterocycles. The number of hydrogen-bond acceptors (Lipinski definition) is 8. The molecule has 7 N–H and O–H groups in total. The first kappa shape index (κ1) is 26.0. The van der Waals surface area contributed by atoms with Crippen molar-refractivity contribution in [3.8, 4) is 11.5 Å². The van der Waals surface area contributed by atoms with E-state index < -0.39 is 29.9 Å². The van der Waals surface area contributed by atoms with E-state index in [1.807, 2.05) is 30.3 Å². The van der Waals surface area contributed by atoms with Crippen molar-refractivity contribution < 1.29 is 24.2 Å². The number of aliphatic hydroxyl groups is 1. The van der Waals surface area contributed by atoms with Crippen LogP contribution in [0.25, 0.3) is 0 Å². The van der Waals surface area contributed by atoms with E-state index in [9.17, 15) is 19.5 Å². The van der Waals surface area contributed by atoms with Crippen LogP contribution in [-0.4, -0.2) is 47.4 Å². The maximum atomic E-state index is 12.7. The molecule has 10 nitrogen and oxygen atoms in total. The molecule has 1 aliphatic heterocycles. The number of ether oxygens (including phenoxy) is 1. The molecule has 0 spiro atoms. The van der Waals surface area contributed by atoms with Crippen LogP contribution >= 0.6 is 11.3 Å². The fourth-order valence-electron chi connectivity index (χ4n) is 3.87. The van der Waals surface area contributed by atoms with E-state index in [0.717, 1.165) is 4.88 Å². The largest absolute Gasteiger partial charge is 0.457 e. The van der Waals surface area contributed by atoms with Crippen molar-refractivity contribution in [1.82, 2.24) is 16.0 Å². The summed E-state index contributed by atoms with van der Waals surface area (Å²) in [7, 11) is 0. The van der Waals surface area contributed by atoms with Gasteiger partial charge in [0.15, 0.2) is 12.0 Å². The van der Waals surface area contributed by atoms with Crippen molar-refractivity contribution in [2.75, 3.05) is 6.54 Å². The van der Waals surface area contributed by atoms with Crippen LogP contribution in [0.4, 0.5) is 0 Å². The lowest BCUT2D eigenvalue weighted by atomic mass is 9.99. The molecule has 0 bridgehead atoms. The third kappa shape index (κ3) is 6.79. The Labute approximate surface area is 217 Å². The highest BCUT2D eigenvalue weighted by molar-refractivity contribution is 7.10. The number of amides is 2. The Hall–Kier alpha value is -4.06. The van der Waals surface area contributed by atoms with Gasteiger partial charge in [-0.3, -0.25) is 19.8 Å². The third-order valence-electron chi connectivity index (χ3n) is 5.88. The van der Waals surface area contributed by atoms with Gasteiger partial charge in [0.1, 0.15) is 17.3 Å². The van der Waals surface area contributed by atoms with Crippen LogP contribution in [-0.2, 0) is 16.1 Å². The number of carbonyl (C=O) groups is 3. The zero-order chi connectivity index (χ0) is 26.4. The molecule has 1 aliphatic rings. The molecule has 3 atom stereocenters. The smallest absolute Gasteiger partial charge is 0.253 e. The van der Waals surface area contributed by atoms with Gasteiger partial charge in [0.25, 0.3) is 5.91 Å². The minimum atomic E-state index is -1.70. The minimum absolute atomic E-state index is 0.0348. The SMILES string of the molecule is N=C(N)c1csc(CNC(=O)C2CC(C(=O)[C@H](O)NC(=O)c3ccc(Oc4ccccc4)cc3)CN2)c1. The second kappa shape index (κ2) is 11.8. The van der Waals surface area contributed by atoms with Crippen LogP contribution in [0.3, 0.4) is 0 Å². The molecule has 1 saturated heterocycles. The maximum Gasteiger partial charge on any atom is 0.253 e. The summed E-state index contributed by atoms with van der Waals surface area (Å²) in [5, 5.41) is 27.6. The summed E-state index contributed by atoms with van der Waals surface area (Å²) in [5.41, 5.74) is 6.32. The molecule has 0 radical (unpaired) electrons. The number of Topliss-reactive ketones (excluding diaryl/α,β-unsaturated/α-hetero) is 1. The molecule has 3 aromatic rings. The van der Waals surface area contributed by atoms with Crippen LogP contribution in [0, 0.1) is 11.3 Å². The van der Waals surface area contributed by atoms with E-state index in [4.69, 9.17) is 15.9 Å². The number of nitrogens with two attached hydrogens (primary N) is 1. The molecule has 37 heavy (non-hydrogen) atoms. The summed E-state index contributed by atoms with van der Waals surface area (Å²) in [6, 6.07) is 16.7. The first-order valence-electron chi connectivity index (χ1n) is 11.6. The maximum absolute atomic E-state index is 12.7. The Bertz CT molecular complexity index is 1280. The number of ketones is 1. The average Bonchev–Trinajstić information content (AvgIpc) is 3.58. The zero-order valence-electron chi connectivity index (χ0n) is 19.8. The Morgan fingerprint density at radius 1 is 1.11 bits per heavy atom. The molecule has 0 aliphatic carbocycles. The first-order chi connectivity index (χ1) is 17.8. The number of aliphatic hydroxyl groups excluding tert-OH is 1. The van der Waals surface area contributed by atoms with E-state index >= 15 is 0 Å². The average molecular weight is 522 g/mol. The van der Waals surface area contributed by atoms with Crippen LogP contribution in [0.15, 0.2) is 66.0 Å². The Morgan fingerprint density at radius 3 is 2.49 bits per heavy atom. The zero-order valence-corrected chi connectivity index (χ0v) is 20.6. The summed E-state index contributed by atoms with van der Waals surface area (Å²) >= 11 is 1.39. The molecule has 2 amide bonds. The molecule has 0 saturated carbocycles. The Balaban J connectivity index is 1.24. The Kier molecular flexibility index (Phi) is 8.29. The van der Waals surface area contributed by atoms with Crippen molar-refractivity contribution in [2.24, 2.45) is 11.7 Å². The second-order valence-electron chi connectivity index (χ2n) is 8.54. The predicted molar refractivity (Wildman–Crippen MR) is 139 cm³/mol. The fraction of sp³-hybridized carbons (Fsp3) is 0.231. The summed E-state index contributed by atoms with van der Waals surface area (Å²) in [4.78, 5) is 38.6. The van der Waals surface area contributed by atoms with Gasteiger partial charge >= 0.3 is 0 Å². The van der Waals surface area contributed by atoms with Gasteiger partial charge in [-0.2, -0.15) is 0 Å². The van der Waals surface area contributed by atoms with Gasteiger partial charge in [0.2, 0.25) is 5.91 Å². The number of rotatable bonds is 10. The number of nitrogens with one attached hydrogen (secondary N) is 4. The van der Waals surface area contributed by atoms with E-state index in [2.05, 4.69) is 16.0 Å². The number of hydrogen-bond donors (Lipinski definition) is 6. The molecule has 2 heterocycles. The second-order valence-corrected chi connectivity index (χ2v) is 9.54. The lowest BCUT2D eigenvalue weighted by Gasteiger charge is -2.16. The number of para-hydroxylation sites is 1. The fourth-order valence-corrected chi connectivity index (χ4v) is 4.69. The van der Waals surface area contributed by atoms with E-state index in [1.54, 1.807) is 23.6 Å². The minimum Gasteiger partial charge on any atom is -0.457 e. The van der Waals surface area contributed by atoms with Gasteiger partial charge in [0.05, 0.1) is 12.6 Å². The summed E-state index contributed by atoms with van der Waals surface area (Å²) in [5.74, 6) is -0.904. The normalized spacial score (nSPS) is 17.5. The first-order valence-corrected chi connectivity index (χ1v) is 12.5. The van der Waals surface area contributed by atoms with Gasteiger partial charge in [-0.05, 0) is 48.9 Å². The highest BCUT2D eigenvalue weighted by Gasteiger charge is 2.36. The van der Waals surface area contributed by atoms with Crippen molar-refractivity contribution in [1.29, 1.82) is 5.41 Å². The monoisotopic (exact) mass is 521 g/mol. The van der Waals surface area contributed by atoms with Crippen molar-refractivity contribution in [3.05, 3.63) is 82.0 Å². The predicted octanol–water partition coefficient (Wildman–Crippen LogP) is 1.74. The number of amidine groups is 1. The van der Waals surface area contributed by atoms with Crippen molar-refractivity contribution in [2.45, 2.75) is 25.2 Å². The number of thiophene rings is 1. The summed E-state index contributed by atoms with van der Waals surface area (Å²) < 4.78 is 5.69. The molecule has 2 unspecified atom stereocenters. The van der Waals surface area contributed by atoms with Gasteiger partial charge in [0, 0.05) is 33.8 Å². The van der Waals surface area contributed by atoms with Crippen LogP contribution in [0.1, 0.15) is 27.2 Å². The van der Waals surface area contributed by atoms with Crippen LogP contribution in [0.2, 0.25) is 0 Å². The molecule has 2 aromatic carbocycles. The van der Waals surface area contributed by atoms with Gasteiger partial charge in [-0.15, -0.1) is 11.3 Å². The summed E-state index contributed by atoms with van der Waals surface area (Å²) in [6.07, 6.45) is -1.50. The number of nitrogen functional groups attached to an aromatic ring is 1. The summed E-state index contributed by atoms with van der Waals surface area (Å²) in [6.45, 7) is 0.490. The van der Waals surface area contributed by atoms with Gasteiger partial charge < -0.3 is 31.5 Å². The van der Waals surface area contributed by atoms with Crippen LogP contribution < -0.4 is 26.4 Å². The standard InChI is InChI=1S/C26H27N5O5S/c27-23(28)17-10-20(37-14-17)13-30-25(34)21-11-16(12-29-21)22(32)26(35)31-24(33)15-6-8-19(9-7-15)36-18-4-2-1-3-5-18/h1-10,14,16,21,26,29,35H,11-13H2,(H3,27,28)(H,30,34)(H,31,33)/t16?,21?,26-/m0/s1. The van der Waals surface area contributed by atoms with Crippen LogP contribution in [0.5, 0.6) is 11.5 Å². The van der Waals surface area contributed by atoms with Crippen molar-refractivity contribution in [3.63, 3.8) is 0 Å². The molecule has 4 rings (SSSR count). The molecule has 11 heteroatoms. The molecular weight excluding hydrogens is 494 g/mol. The number of carbonyl (C=O) groups excluding carboxylic acids is 3. The van der Waals surface area contributed by atoms with E-state index in [-0.39, 0.29) is 36.8 Å². The van der Waals surface area contributed by atoms with E-state index in [0.29, 0.717) is 17.1 Å². The van der Waals surface area contributed by atoms with Gasteiger partial charge in [-0.1, -0.05) is 18.2 Å². The lowest BCUT2D eigenvalue weighted by molar-refractivity contribution is -0.131. The lowest BCUT2D eigenvalue weighted by Crippen LogP contribution is -2.44. The highest BCUT2D eigenvalue weighted by Crippen LogP contribution is 2.22. The van der Waals surface area contributed by atoms with E-state index in [1.165, 1.54) is 23.5 Å². The third-order valence-corrected chi connectivity index (χ3v) is 6.82. The number of benzene rings is 2. The molecular formula is C26H27N5O5S. The molecule has 1 fully saturated rings. The molecule has 192 valence electrons.